The quantitative estimate of drug-likeness (QED) is 0.454. The maximum Gasteiger partial charge on any atom is 0.338 e. The van der Waals surface area contributed by atoms with Crippen molar-refractivity contribution in [2.24, 2.45) is 5.73 Å². The second-order valence-corrected chi connectivity index (χ2v) is 6.25. The Balaban J connectivity index is 2.29. The van der Waals surface area contributed by atoms with Gasteiger partial charge in [-0.1, -0.05) is 24.3 Å². The third-order valence-electron chi connectivity index (χ3n) is 4.44. The van der Waals surface area contributed by atoms with E-state index in [9.17, 15) is 24.6 Å². The maximum absolute atomic E-state index is 13.5. The molecule has 2 aromatic carbocycles. The first kappa shape index (κ1) is 20.5. The summed E-state index contributed by atoms with van der Waals surface area (Å²) in [4.78, 5) is 23.5. The molecule has 8 nitrogen and oxygen atoms in total. The molecule has 3 rings (SSSR count). The van der Waals surface area contributed by atoms with Crippen LogP contribution in [0.2, 0.25) is 0 Å². The minimum Gasteiger partial charge on any atom is -0.463 e. The zero-order valence-electron chi connectivity index (χ0n) is 15.8. The lowest BCUT2D eigenvalue weighted by Crippen LogP contribution is -2.26. The fraction of sp³-hybridized carbons (Fsp3) is 0.143. The standard InChI is InChI=1S/C21H16FN3O5/c1-2-29-21(26)18-17(12-6-8-14(22)9-7-12)16(11-23)20(24)30-19(18)13-4-3-5-15(10-13)25(27)28/h3-10,17H,2,24H2,1H3. The number of carbonyl (C=O) groups excluding carboxylic acids is 1. The number of benzene rings is 2. The summed E-state index contributed by atoms with van der Waals surface area (Å²) in [6.45, 7) is 1.65. The fourth-order valence-corrected chi connectivity index (χ4v) is 3.14. The van der Waals surface area contributed by atoms with Crippen molar-refractivity contribution >= 4 is 17.4 Å². The molecule has 1 aliphatic rings. The lowest BCUT2D eigenvalue weighted by atomic mass is 9.82. The van der Waals surface area contributed by atoms with Gasteiger partial charge in [0.1, 0.15) is 23.2 Å². The smallest absolute Gasteiger partial charge is 0.338 e. The number of nitrogens with zero attached hydrogens (tertiary/aromatic N) is 2. The van der Waals surface area contributed by atoms with Gasteiger partial charge in [0.2, 0.25) is 5.88 Å². The van der Waals surface area contributed by atoms with Crippen molar-refractivity contribution in [3.63, 3.8) is 0 Å². The van der Waals surface area contributed by atoms with Crippen LogP contribution in [0.1, 0.15) is 24.0 Å². The summed E-state index contributed by atoms with van der Waals surface area (Å²) in [5.41, 5.74) is 6.22. The summed E-state index contributed by atoms with van der Waals surface area (Å²) >= 11 is 0. The predicted molar refractivity (Wildman–Crippen MR) is 104 cm³/mol. The molecule has 152 valence electrons. The first-order valence-corrected chi connectivity index (χ1v) is 8.86. The highest BCUT2D eigenvalue weighted by Crippen LogP contribution is 2.43. The Morgan fingerprint density at radius 2 is 2.03 bits per heavy atom. The van der Waals surface area contributed by atoms with Gasteiger partial charge in [-0.25, -0.2) is 9.18 Å². The predicted octanol–water partition coefficient (Wildman–Crippen LogP) is 3.52. The zero-order chi connectivity index (χ0) is 21.8. The minimum atomic E-state index is -1.00. The van der Waals surface area contributed by atoms with Gasteiger partial charge in [-0.2, -0.15) is 5.26 Å². The number of allylic oxidation sites excluding steroid dienone is 1. The van der Waals surface area contributed by atoms with Gasteiger partial charge in [0.05, 0.1) is 23.0 Å². The summed E-state index contributed by atoms with van der Waals surface area (Å²) in [5.74, 6) is -2.61. The molecule has 9 heteroatoms. The van der Waals surface area contributed by atoms with E-state index in [-0.39, 0.29) is 40.6 Å². The SMILES string of the molecule is CCOC(=O)C1=C(c2cccc([N+](=O)[O-])c2)OC(N)=C(C#N)C1c1ccc(F)cc1. The molecule has 1 aliphatic heterocycles. The van der Waals surface area contributed by atoms with E-state index in [4.69, 9.17) is 15.2 Å². The molecule has 1 heterocycles. The van der Waals surface area contributed by atoms with Crippen molar-refractivity contribution in [2.45, 2.75) is 12.8 Å². The van der Waals surface area contributed by atoms with Crippen molar-refractivity contribution in [3.05, 3.63) is 92.6 Å². The average molecular weight is 409 g/mol. The molecule has 0 aromatic heterocycles. The number of nitro benzene ring substituents is 1. The summed E-state index contributed by atoms with van der Waals surface area (Å²) in [6.07, 6.45) is 0. The van der Waals surface area contributed by atoms with Crippen LogP contribution >= 0.6 is 0 Å². The molecule has 1 unspecified atom stereocenters. The highest BCUT2D eigenvalue weighted by atomic mass is 19.1. The third kappa shape index (κ3) is 3.84. The molecule has 0 fully saturated rings. The van der Waals surface area contributed by atoms with Crippen molar-refractivity contribution in [1.29, 1.82) is 5.26 Å². The zero-order valence-corrected chi connectivity index (χ0v) is 15.8. The Bertz CT molecular complexity index is 1120. The number of ether oxygens (including phenoxy) is 2. The number of nitrogens with two attached hydrogens (primary N) is 1. The number of halogens is 1. The van der Waals surface area contributed by atoms with Gasteiger partial charge in [-0.15, -0.1) is 0 Å². The molecule has 2 N–H and O–H groups in total. The number of rotatable bonds is 5. The number of nitriles is 1. The van der Waals surface area contributed by atoms with Crippen LogP contribution in [0.25, 0.3) is 5.76 Å². The number of esters is 1. The van der Waals surface area contributed by atoms with Crippen molar-refractivity contribution < 1.29 is 23.6 Å². The van der Waals surface area contributed by atoms with E-state index in [0.29, 0.717) is 5.56 Å². The number of hydrogen-bond donors (Lipinski definition) is 1. The van der Waals surface area contributed by atoms with Crippen LogP contribution in [-0.4, -0.2) is 17.5 Å². The van der Waals surface area contributed by atoms with Gasteiger partial charge < -0.3 is 15.2 Å². The molecule has 0 bridgehead atoms. The summed E-state index contributed by atoms with van der Waals surface area (Å²) < 4.78 is 24.2. The van der Waals surface area contributed by atoms with Crippen LogP contribution in [0.4, 0.5) is 10.1 Å². The molecular formula is C21H16FN3O5. The first-order valence-electron chi connectivity index (χ1n) is 8.86. The Morgan fingerprint density at radius 3 is 2.63 bits per heavy atom. The van der Waals surface area contributed by atoms with Crippen LogP contribution in [0.5, 0.6) is 0 Å². The second kappa shape index (κ2) is 8.45. The van der Waals surface area contributed by atoms with Gasteiger partial charge in [-0.3, -0.25) is 10.1 Å². The second-order valence-electron chi connectivity index (χ2n) is 6.25. The monoisotopic (exact) mass is 409 g/mol. The normalized spacial score (nSPS) is 16.0. The first-order chi connectivity index (χ1) is 14.4. The van der Waals surface area contributed by atoms with Gasteiger partial charge in [0.25, 0.3) is 5.69 Å². The highest BCUT2D eigenvalue weighted by molar-refractivity contribution is 6.00. The minimum absolute atomic E-state index is 0.0434. The molecule has 1 atom stereocenters. The van der Waals surface area contributed by atoms with Crippen LogP contribution < -0.4 is 5.73 Å². The summed E-state index contributed by atoms with van der Waals surface area (Å²) in [6, 6.07) is 12.6. The van der Waals surface area contributed by atoms with E-state index in [1.165, 1.54) is 48.5 Å². The number of hydrogen-bond acceptors (Lipinski definition) is 7. The fourth-order valence-electron chi connectivity index (χ4n) is 3.14. The average Bonchev–Trinajstić information content (AvgIpc) is 2.73. The lowest BCUT2D eigenvalue weighted by molar-refractivity contribution is -0.384. The lowest BCUT2D eigenvalue weighted by Gasteiger charge is -2.28. The molecule has 2 aromatic rings. The largest absolute Gasteiger partial charge is 0.463 e. The molecule has 0 radical (unpaired) electrons. The topological polar surface area (TPSA) is 128 Å². The molecule has 0 aliphatic carbocycles. The van der Waals surface area contributed by atoms with E-state index in [0.717, 1.165) is 0 Å². The Morgan fingerprint density at radius 1 is 1.33 bits per heavy atom. The maximum atomic E-state index is 13.5. The van der Waals surface area contributed by atoms with Crippen LogP contribution in [0.3, 0.4) is 0 Å². The number of non-ortho nitro benzene ring substituents is 1. The van der Waals surface area contributed by atoms with E-state index in [1.807, 2.05) is 6.07 Å². The highest BCUT2D eigenvalue weighted by Gasteiger charge is 2.38. The summed E-state index contributed by atoms with van der Waals surface area (Å²) in [7, 11) is 0. The number of nitro groups is 1. The Hall–Kier alpha value is -4.19. The molecule has 0 saturated heterocycles. The van der Waals surface area contributed by atoms with Crippen LogP contribution in [0.15, 0.2) is 65.6 Å². The van der Waals surface area contributed by atoms with E-state index < -0.39 is 22.6 Å². The van der Waals surface area contributed by atoms with Gasteiger partial charge in [0.15, 0.2) is 0 Å². The van der Waals surface area contributed by atoms with Crippen LogP contribution in [0, 0.1) is 27.3 Å². The van der Waals surface area contributed by atoms with Gasteiger partial charge >= 0.3 is 5.97 Å². The van der Waals surface area contributed by atoms with Gasteiger partial charge in [0, 0.05) is 17.7 Å². The molecular weight excluding hydrogens is 393 g/mol. The molecule has 0 spiro atoms. The van der Waals surface area contributed by atoms with E-state index in [1.54, 1.807) is 6.92 Å². The molecule has 30 heavy (non-hydrogen) atoms. The van der Waals surface area contributed by atoms with Crippen LogP contribution in [-0.2, 0) is 14.3 Å². The van der Waals surface area contributed by atoms with Crippen molar-refractivity contribution in [1.82, 2.24) is 0 Å². The Kier molecular flexibility index (Phi) is 5.78. The number of carbonyl (C=O) groups is 1. The van der Waals surface area contributed by atoms with Crippen molar-refractivity contribution in [3.8, 4) is 6.07 Å². The third-order valence-corrected chi connectivity index (χ3v) is 4.44. The summed E-state index contributed by atoms with van der Waals surface area (Å²) in [5, 5.41) is 20.8. The van der Waals surface area contributed by atoms with Gasteiger partial charge in [-0.05, 0) is 24.6 Å². The van der Waals surface area contributed by atoms with E-state index in [2.05, 4.69) is 0 Å². The Labute approximate surface area is 170 Å². The molecule has 0 saturated carbocycles. The van der Waals surface area contributed by atoms with E-state index >= 15 is 0 Å². The molecule has 0 amide bonds. The van der Waals surface area contributed by atoms with Crippen molar-refractivity contribution in [2.75, 3.05) is 6.61 Å².